The maximum Gasteiger partial charge on any atom is 0.271 e. The summed E-state index contributed by atoms with van der Waals surface area (Å²) < 4.78 is 5.92. The molecule has 1 saturated carbocycles. The van der Waals surface area contributed by atoms with E-state index >= 15 is 0 Å². The zero-order valence-electron chi connectivity index (χ0n) is 14.8. The molecule has 25 heavy (non-hydrogen) atoms. The van der Waals surface area contributed by atoms with Gasteiger partial charge in [-0.1, -0.05) is 12.1 Å². The van der Waals surface area contributed by atoms with Gasteiger partial charge in [-0.25, -0.2) is 0 Å². The molecule has 1 aromatic carbocycles. The van der Waals surface area contributed by atoms with Crippen LogP contribution in [-0.4, -0.2) is 30.8 Å². The predicted octanol–water partition coefficient (Wildman–Crippen LogP) is 2.34. The standard InChI is InChI=1S/C19H26N4O2/c1-11-9-22-10-16(25-11)13-5-7-15(8-6-13)23-19(24)18(21)12(2)17(20)14-3-4-14/h5-8,11,14,16,20,22H,3-4,9-10,21H2,1-2H3,(H,23,24)/b18-12-,20-17?/t11-,16-/m1/s1. The number of ether oxygens (including phenoxy) is 1. The first kappa shape index (κ1) is 17.6. The van der Waals surface area contributed by atoms with Gasteiger partial charge in [0.2, 0.25) is 0 Å². The Morgan fingerprint density at radius 1 is 1.28 bits per heavy atom. The lowest BCUT2D eigenvalue weighted by molar-refractivity contribution is -0.112. The van der Waals surface area contributed by atoms with Gasteiger partial charge in [-0.2, -0.15) is 0 Å². The van der Waals surface area contributed by atoms with Crippen molar-refractivity contribution >= 4 is 17.3 Å². The predicted molar refractivity (Wildman–Crippen MR) is 98.6 cm³/mol. The summed E-state index contributed by atoms with van der Waals surface area (Å²) in [6.07, 6.45) is 2.25. The van der Waals surface area contributed by atoms with Crippen LogP contribution in [0, 0.1) is 11.3 Å². The average molecular weight is 342 g/mol. The van der Waals surface area contributed by atoms with Crippen LogP contribution in [0.5, 0.6) is 0 Å². The van der Waals surface area contributed by atoms with E-state index in [1.807, 2.05) is 31.2 Å². The average Bonchev–Trinajstić information content (AvgIpc) is 3.45. The Labute approximate surface area is 148 Å². The number of carbonyl (C=O) groups excluding carboxylic acids is 1. The fourth-order valence-corrected chi connectivity index (χ4v) is 2.96. The normalized spacial score (nSPS) is 24.4. The third-order valence-corrected chi connectivity index (χ3v) is 4.74. The fraction of sp³-hybridized carbons (Fsp3) is 0.474. The van der Waals surface area contributed by atoms with Gasteiger partial charge in [-0.05, 0) is 50.0 Å². The molecule has 0 unspecified atom stereocenters. The number of rotatable bonds is 5. The first-order valence-electron chi connectivity index (χ1n) is 8.78. The monoisotopic (exact) mass is 342 g/mol. The summed E-state index contributed by atoms with van der Waals surface area (Å²) in [6.45, 7) is 5.44. The van der Waals surface area contributed by atoms with E-state index in [1.165, 1.54) is 0 Å². The van der Waals surface area contributed by atoms with Crippen LogP contribution in [0.1, 0.15) is 38.4 Å². The number of hydrogen-bond acceptors (Lipinski definition) is 5. The van der Waals surface area contributed by atoms with Crippen molar-refractivity contribution in [3.63, 3.8) is 0 Å². The molecule has 2 atom stereocenters. The van der Waals surface area contributed by atoms with Crippen LogP contribution in [0.15, 0.2) is 35.5 Å². The Kier molecular flexibility index (Phi) is 5.20. The van der Waals surface area contributed by atoms with Gasteiger partial charge < -0.3 is 26.5 Å². The Bertz CT molecular complexity index is 692. The SMILES string of the molecule is C/C(C(=N)C1CC1)=C(/N)C(=O)Nc1ccc([C@H]2CNC[C@@H](C)O2)cc1. The molecule has 1 heterocycles. The van der Waals surface area contributed by atoms with Crippen molar-refractivity contribution in [1.82, 2.24) is 5.32 Å². The minimum atomic E-state index is -0.361. The maximum atomic E-state index is 12.3. The van der Waals surface area contributed by atoms with E-state index in [0.717, 1.165) is 31.5 Å². The van der Waals surface area contributed by atoms with Gasteiger partial charge in [-0.15, -0.1) is 0 Å². The van der Waals surface area contributed by atoms with Crippen LogP contribution in [0.2, 0.25) is 0 Å². The van der Waals surface area contributed by atoms with Crippen molar-refractivity contribution < 1.29 is 9.53 Å². The zero-order valence-corrected chi connectivity index (χ0v) is 14.8. The molecule has 2 aliphatic rings. The molecular formula is C19H26N4O2. The van der Waals surface area contributed by atoms with Crippen molar-refractivity contribution in [3.05, 3.63) is 41.1 Å². The summed E-state index contributed by atoms with van der Waals surface area (Å²) >= 11 is 0. The van der Waals surface area contributed by atoms with Gasteiger partial charge in [0.25, 0.3) is 5.91 Å². The molecule has 134 valence electrons. The maximum absolute atomic E-state index is 12.3. The van der Waals surface area contributed by atoms with Crippen molar-refractivity contribution in [2.75, 3.05) is 18.4 Å². The fourth-order valence-electron chi connectivity index (χ4n) is 2.96. The summed E-state index contributed by atoms with van der Waals surface area (Å²) in [6, 6.07) is 7.62. The van der Waals surface area contributed by atoms with Crippen LogP contribution in [0.4, 0.5) is 5.69 Å². The molecule has 6 heteroatoms. The molecule has 1 saturated heterocycles. The molecule has 1 aromatic rings. The number of allylic oxidation sites excluding steroid dienone is 1. The number of nitrogens with two attached hydrogens (primary N) is 1. The highest BCUT2D eigenvalue weighted by Gasteiger charge is 2.29. The molecule has 5 N–H and O–H groups in total. The lowest BCUT2D eigenvalue weighted by atomic mass is 10.1. The Balaban J connectivity index is 1.63. The highest BCUT2D eigenvalue weighted by molar-refractivity contribution is 6.11. The van der Waals surface area contributed by atoms with Crippen LogP contribution in [-0.2, 0) is 9.53 Å². The minimum absolute atomic E-state index is 0.0275. The van der Waals surface area contributed by atoms with Crippen molar-refractivity contribution in [1.29, 1.82) is 5.41 Å². The van der Waals surface area contributed by atoms with Crippen molar-refractivity contribution in [3.8, 4) is 0 Å². The van der Waals surface area contributed by atoms with Crippen molar-refractivity contribution in [2.24, 2.45) is 11.7 Å². The lowest BCUT2D eigenvalue weighted by Crippen LogP contribution is -2.38. The highest BCUT2D eigenvalue weighted by atomic mass is 16.5. The topological polar surface area (TPSA) is 100 Å². The van der Waals surface area contributed by atoms with E-state index in [9.17, 15) is 4.79 Å². The molecule has 1 aliphatic carbocycles. The van der Waals surface area contributed by atoms with Crippen LogP contribution in [0.25, 0.3) is 0 Å². The van der Waals surface area contributed by atoms with E-state index in [1.54, 1.807) is 6.92 Å². The molecule has 3 rings (SSSR count). The number of nitrogens with one attached hydrogen (secondary N) is 3. The van der Waals surface area contributed by atoms with Crippen molar-refractivity contribution in [2.45, 2.75) is 38.9 Å². The molecular weight excluding hydrogens is 316 g/mol. The number of carbonyl (C=O) groups is 1. The summed E-state index contributed by atoms with van der Waals surface area (Å²) in [5.41, 5.74) is 8.87. The first-order valence-corrected chi connectivity index (χ1v) is 8.78. The quantitative estimate of drug-likeness (QED) is 0.487. The summed E-state index contributed by atoms with van der Waals surface area (Å²) in [5, 5.41) is 14.2. The van der Waals surface area contributed by atoms with E-state index in [4.69, 9.17) is 15.9 Å². The second-order valence-electron chi connectivity index (χ2n) is 6.90. The van der Waals surface area contributed by atoms with E-state index in [0.29, 0.717) is 17.0 Å². The van der Waals surface area contributed by atoms with Gasteiger partial charge >= 0.3 is 0 Å². The summed E-state index contributed by atoms with van der Waals surface area (Å²) in [5.74, 6) is -0.0861. The summed E-state index contributed by atoms with van der Waals surface area (Å²) in [7, 11) is 0. The molecule has 0 spiro atoms. The van der Waals surface area contributed by atoms with Gasteiger partial charge in [0, 0.05) is 30.4 Å². The molecule has 1 amide bonds. The number of hydrogen-bond donors (Lipinski definition) is 4. The van der Waals surface area contributed by atoms with Crippen LogP contribution in [0.3, 0.4) is 0 Å². The number of anilines is 1. The molecule has 2 fully saturated rings. The number of morpholine rings is 1. The Hall–Kier alpha value is -2.18. The molecule has 0 radical (unpaired) electrons. The van der Waals surface area contributed by atoms with E-state index in [-0.39, 0.29) is 29.7 Å². The molecule has 6 nitrogen and oxygen atoms in total. The highest BCUT2D eigenvalue weighted by Crippen LogP contribution is 2.32. The first-order chi connectivity index (χ1) is 12.0. The molecule has 0 bridgehead atoms. The van der Waals surface area contributed by atoms with Gasteiger partial charge in [0.1, 0.15) is 5.70 Å². The van der Waals surface area contributed by atoms with E-state index in [2.05, 4.69) is 10.6 Å². The third-order valence-electron chi connectivity index (χ3n) is 4.74. The Morgan fingerprint density at radius 3 is 2.56 bits per heavy atom. The number of benzene rings is 1. The number of amides is 1. The smallest absolute Gasteiger partial charge is 0.271 e. The van der Waals surface area contributed by atoms with Crippen LogP contribution >= 0.6 is 0 Å². The van der Waals surface area contributed by atoms with Gasteiger partial charge in [0.15, 0.2) is 0 Å². The zero-order chi connectivity index (χ0) is 18.0. The Morgan fingerprint density at radius 2 is 1.96 bits per heavy atom. The van der Waals surface area contributed by atoms with E-state index < -0.39 is 0 Å². The molecule has 0 aromatic heterocycles. The second-order valence-corrected chi connectivity index (χ2v) is 6.90. The van der Waals surface area contributed by atoms with Gasteiger partial charge in [-0.3, -0.25) is 4.79 Å². The third kappa shape index (κ3) is 4.27. The van der Waals surface area contributed by atoms with Gasteiger partial charge in [0.05, 0.1) is 12.2 Å². The molecule has 1 aliphatic heterocycles. The summed E-state index contributed by atoms with van der Waals surface area (Å²) in [4.78, 5) is 12.3. The van der Waals surface area contributed by atoms with Crippen LogP contribution < -0.4 is 16.4 Å². The minimum Gasteiger partial charge on any atom is -0.394 e. The second kappa shape index (κ2) is 7.37. The lowest BCUT2D eigenvalue weighted by Gasteiger charge is -2.29. The largest absolute Gasteiger partial charge is 0.394 e.